The van der Waals surface area contributed by atoms with Crippen LogP contribution in [0.25, 0.3) is 0 Å². The van der Waals surface area contributed by atoms with E-state index in [9.17, 15) is 14.4 Å². The van der Waals surface area contributed by atoms with Crippen molar-refractivity contribution in [1.29, 1.82) is 0 Å². The molecule has 0 bridgehead atoms. The number of ether oxygens (including phenoxy) is 3. The maximum absolute atomic E-state index is 12.7. The van der Waals surface area contributed by atoms with Crippen LogP contribution >= 0.6 is 0 Å². The van der Waals surface area contributed by atoms with E-state index in [1.54, 1.807) is 24.3 Å². The van der Waals surface area contributed by atoms with E-state index in [1.807, 2.05) is 30.3 Å². The lowest BCUT2D eigenvalue weighted by Gasteiger charge is -2.13. The molecule has 1 saturated carbocycles. The van der Waals surface area contributed by atoms with Crippen LogP contribution in [0.5, 0.6) is 0 Å². The standard InChI is InChI=1S/C21H20O6/c1-25-18(22)15-11-9-14(10-12-15)17-16(13-7-5-4-6-8-13)21(17,19(23)26-2)20(24)27-3/h4-12,16-17H,1-3H3/t16?,17-/m1/s1. The van der Waals surface area contributed by atoms with E-state index in [0.717, 1.165) is 11.1 Å². The molecule has 2 aromatic carbocycles. The average Bonchev–Trinajstić information content (AvgIpc) is 3.44. The van der Waals surface area contributed by atoms with Gasteiger partial charge < -0.3 is 14.2 Å². The van der Waals surface area contributed by atoms with Gasteiger partial charge in [0.25, 0.3) is 0 Å². The average molecular weight is 368 g/mol. The van der Waals surface area contributed by atoms with Crippen molar-refractivity contribution in [2.24, 2.45) is 5.41 Å². The van der Waals surface area contributed by atoms with Crippen LogP contribution in [0.1, 0.15) is 33.3 Å². The van der Waals surface area contributed by atoms with Gasteiger partial charge in [-0.3, -0.25) is 9.59 Å². The Labute approximate surface area is 157 Å². The fourth-order valence-electron chi connectivity index (χ4n) is 3.83. The predicted molar refractivity (Wildman–Crippen MR) is 96.2 cm³/mol. The van der Waals surface area contributed by atoms with Gasteiger partial charge in [0.05, 0.1) is 26.9 Å². The molecular formula is C21H20O6. The second-order valence-corrected chi connectivity index (χ2v) is 6.33. The molecule has 6 nitrogen and oxygen atoms in total. The Morgan fingerprint density at radius 1 is 0.704 bits per heavy atom. The van der Waals surface area contributed by atoms with Crippen LogP contribution < -0.4 is 0 Å². The first-order chi connectivity index (χ1) is 13.0. The van der Waals surface area contributed by atoms with Gasteiger partial charge in [-0.15, -0.1) is 0 Å². The quantitative estimate of drug-likeness (QED) is 0.459. The van der Waals surface area contributed by atoms with Gasteiger partial charge in [-0.25, -0.2) is 4.79 Å². The van der Waals surface area contributed by atoms with Crippen molar-refractivity contribution in [3.8, 4) is 0 Å². The zero-order valence-electron chi connectivity index (χ0n) is 15.3. The maximum atomic E-state index is 12.7. The van der Waals surface area contributed by atoms with Crippen LogP contribution in [0.4, 0.5) is 0 Å². The van der Waals surface area contributed by atoms with Crippen molar-refractivity contribution in [1.82, 2.24) is 0 Å². The molecule has 0 heterocycles. The summed E-state index contributed by atoms with van der Waals surface area (Å²) in [6.45, 7) is 0. The van der Waals surface area contributed by atoms with Crippen LogP contribution in [0.15, 0.2) is 54.6 Å². The Hall–Kier alpha value is -3.15. The van der Waals surface area contributed by atoms with Gasteiger partial charge in [0.2, 0.25) is 0 Å². The summed E-state index contributed by atoms with van der Waals surface area (Å²) in [6.07, 6.45) is 0. The van der Waals surface area contributed by atoms with Gasteiger partial charge in [-0.05, 0) is 23.3 Å². The minimum absolute atomic E-state index is 0.389. The molecule has 0 aliphatic heterocycles. The van der Waals surface area contributed by atoms with Gasteiger partial charge >= 0.3 is 17.9 Å². The number of hydrogen-bond donors (Lipinski definition) is 0. The first-order valence-corrected chi connectivity index (χ1v) is 8.42. The van der Waals surface area contributed by atoms with E-state index >= 15 is 0 Å². The van der Waals surface area contributed by atoms with Crippen molar-refractivity contribution in [2.45, 2.75) is 11.8 Å². The summed E-state index contributed by atoms with van der Waals surface area (Å²) < 4.78 is 14.6. The molecule has 0 N–H and O–H groups in total. The van der Waals surface area contributed by atoms with Crippen molar-refractivity contribution >= 4 is 17.9 Å². The first-order valence-electron chi connectivity index (χ1n) is 8.42. The van der Waals surface area contributed by atoms with Crippen LogP contribution in [0.3, 0.4) is 0 Å². The summed E-state index contributed by atoms with van der Waals surface area (Å²) >= 11 is 0. The molecule has 6 heteroatoms. The molecule has 0 radical (unpaired) electrons. The molecule has 140 valence electrons. The van der Waals surface area contributed by atoms with E-state index in [0.29, 0.717) is 5.56 Å². The van der Waals surface area contributed by atoms with Crippen molar-refractivity contribution in [2.75, 3.05) is 21.3 Å². The normalized spacial score (nSPS) is 19.7. The predicted octanol–water partition coefficient (Wildman–Crippen LogP) is 2.69. The maximum Gasteiger partial charge on any atom is 0.337 e. The molecule has 0 aromatic heterocycles. The molecule has 1 aliphatic rings. The lowest BCUT2D eigenvalue weighted by atomic mass is 9.97. The number of benzene rings is 2. The number of rotatable bonds is 5. The Balaban J connectivity index is 2.08. The summed E-state index contributed by atoms with van der Waals surface area (Å²) in [5, 5.41) is 0. The summed E-state index contributed by atoms with van der Waals surface area (Å²) in [5.74, 6) is -2.59. The highest BCUT2D eigenvalue weighted by Crippen LogP contribution is 2.71. The molecular weight excluding hydrogens is 348 g/mol. The van der Waals surface area contributed by atoms with E-state index < -0.39 is 35.2 Å². The molecule has 1 aliphatic carbocycles. The molecule has 1 unspecified atom stereocenters. The van der Waals surface area contributed by atoms with E-state index in [2.05, 4.69) is 0 Å². The molecule has 0 amide bonds. The largest absolute Gasteiger partial charge is 0.468 e. The molecule has 3 rings (SSSR count). The minimum atomic E-state index is -1.45. The molecule has 0 saturated heterocycles. The first kappa shape index (κ1) is 18.6. The molecule has 27 heavy (non-hydrogen) atoms. The van der Waals surface area contributed by atoms with Crippen LogP contribution in [0.2, 0.25) is 0 Å². The van der Waals surface area contributed by atoms with Gasteiger partial charge in [0.1, 0.15) is 0 Å². The van der Waals surface area contributed by atoms with Gasteiger partial charge in [-0.2, -0.15) is 0 Å². The molecule has 2 atom stereocenters. The Morgan fingerprint density at radius 3 is 1.63 bits per heavy atom. The highest BCUT2D eigenvalue weighted by Gasteiger charge is 2.77. The third-order valence-corrected chi connectivity index (χ3v) is 5.10. The second kappa shape index (κ2) is 7.23. The monoisotopic (exact) mass is 368 g/mol. The molecule has 1 fully saturated rings. The number of methoxy groups -OCH3 is 3. The summed E-state index contributed by atoms with van der Waals surface area (Å²) in [6, 6.07) is 16.0. The van der Waals surface area contributed by atoms with Crippen LogP contribution in [-0.2, 0) is 23.8 Å². The van der Waals surface area contributed by atoms with Gasteiger partial charge in [-0.1, -0.05) is 42.5 Å². The summed E-state index contributed by atoms with van der Waals surface area (Å²) in [7, 11) is 3.82. The molecule has 0 spiro atoms. The topological polar surface area (TPSA) is 78.9 Å². The number of esters is 3. The van der Waals surface area contributed by atoms with Crippen molar-refractivity contribution in [3.63, 3.8) is 0 Å². The highest BCUT2D eigenvalue weighted by molar-refractivity contribution is 6.07. The highest BCUT2D eigenvalue weighted by atomic mass is 16.5. The minimum Gasteiger partial charge on any atom is -0.468 e. The zero-order chi connectivity index (χ0) is 19.6. The fourth-order valence-corrected chi connectivity index (χ4v) is 3.83. The van der Waals surface area contributed by atoms with E-state index in [4.69, 9.17) is 14.2 Å². The summed E-state index contributed by atoms with van der Waals surface area (Å²) in [4.78, 5) is 37.0. The number of carbonyl (C=O) groups is 3. The second-order valence-electron chi connectivity index (χ2n) is 6.33. The Morgan fingerprint density at radius 2 is 1.19 bits per heavy atom. The number of hydrogen-bond acceptors (Lipinski definition) is 6. The van der Waals surface area contributed by atoms with Gasteiger partial charge in [0, 0.05) is 11.8 Å². The van der Waals surface area contributed by atoms with Crippen molar-refractivity contribution < 1.29 is 28.6 Å². The van der Waals surface area contributed by atoms with E-state index in [-0.39, 0.29) is 0 Å². The third kappa shape index (κ3) is 2.87. The van der Waals surface area contributed by atoms with Gasteiger partial charge in [0.15, 0.2) is 5.41 Å². The Bertz CT molecular complexity index is 840. The van der Waals surface area contributed by atoms with Crippen LogP contribution in [-0.4, -0.2) is 39.2 Å². The zero-order valence-corrected chi connectivity index (χ0v) is 15.3. The lowest BCUT2D eigenvalue weighted by molar-refractivity contribution is -0.161. The molecule has 2 aromatic rings. The lowest BCUT2D eigenvalue weighted by Crippen LogP contribution is -2.31. The smallest absolute Gasteiger partial charge is 0.337 e. The van der Waals surface area contributed by atoms with E-state index in [1.165, 1.54) is 21.3 Å². The number of carbonyl (C=O) groups excluding carboxylic acids is 3. The summed E-state index contributed by atoms with van der Waals surface area (Å²) in [5.41, 5.74) is 0.528. The van der Waals surface area contributed by atoms with Crippen molar-refractivity contribution in [3.05, 3.63) is 71.3 Å². The SMILES string of the molecule is COC(=O)c1ccc([C@@H]2C(c3ccccc3)C2(C(=O)OC)C(=O)OC)cc1. The van der Waals surface area contributed by atoms with Crippen LogP contribution in [0, 0.1) is 5.41 Å². The Kier molecular flexibility index (Phi) is 4.99. The third-order valence-electron chi connectivity index (χ3n) is 5.10. The fraction of sp³-hybridized carbons (Fsp3) is 0.286.